The Bertz CT molecular complexity index is 1150. The van der Waals surface area contributed by atoms with Crippen molar-refractivity contribution in [2.75, 3.05) is 0 Å². The van der Waals surface area contributed by atoms with Crippen molar-refractivity contribution >= 4 is 38.7 Å². The molecule has 2 aromatic heterocycles. The van der Waals surface area contributed by atoms with Gasteiger partial charge in [0.2, 0.25) is 5.89 Å². The van der Waals surface area contributed by atoms with Gasteiger partial charge in [0.1, 0.15) is 5.58 Å². The van der Waals surface area contributed by atoms with Crippen molar-refractivity contribution in [3.8, 4) is 11.5 Å². The van der Waals surface area contributed by atoms with Crippen LogP contribution in [0.5, 0.6) is 0 Å². The van der Waals surface area contributed by atoms with Crippen LogP contribution in [-0.4, -0.2) is 10.2 Å². The van der Waals surface area contributed by atoms with Gasteiger partial charge in [-0.15, -0.1) is 10.2 Å². The lowest BCUT2D eigenvalue weighted by atomic mass is 10.1. The van der Waals surface area contributed by atoms with Gasteiger partial charge in [-0.3, -0.25) is 0 Å². The minimum Gasteiger partial charge on any atom is -0.423 e. The number of aromatic nitrogens is 2. The van der Waals surface area contributed by atoms with Crippen LogP contribution in [0, 0.1) is 6.92 Å². The molecule has 7 heteroatoms. The SMILES string of the molecule is Cc1ccc2c(CSc3nnc(-c4ccccc4Br)o3)cc(=O)oc2c1. The van der Waals surface area contributed by atoms with Crippen LogP contribution in [0.2, 0.25) is 0 Å². The molecule has 0 spiro atoms. The van der Waals surface area contributed by atoms with Gasteiger partial charge in [-0.1, -0.05) is 36.0 Å². The van der Waals surface area contributed by atoms with Crippen LogP contribution >= 0.6 is 27.7 Å². The topological polar surface area (TPSA) is 69.1 Å². The molecule has 26 heavy (non-hydrogen) atoms. The van der Waals surface area contributed by atoms with Gasteiger partial charge in [0.25, 0.3) is 5.22 Å². The standard InChI is InChI=1S/C19H13BrN2O3S/c1-11-6-7-13-12(9-17(23)24-16(13)8-11)10-26-19-22-21-18(25-19)14-4-2-3-5-15(14)20/h2-9H,10H2,1H3. The third kappa shape index (κ3) is 3.45. The lowest BCUT2D eigenvalue weighted by Crippen LogP contribution is -2.00. The van der Waals surface area contributed by atoms with E-state index in [9.17, 15) is 4.79 Å². The van der Waals surface area contributed by atoms with E-state index in [1.807, 2.05) is 49.4 Å². The Morgan fingerprint density at radius 1 is 1.08 bits per heavy atom. The van der Waals surface area contributed by atoms with Gasteiger partial charge in [0.15, 0.2) is 0 Å². The molecule has 0 bridgehead atoms. The average molecular weight is 429 g/mol. The van der Waals surface area contributed by atoms with Crippen molar-refractivity contribution in [3.63, 3.8) is 0 Å². The van der Waals surface area contributed by atoms with Crippen molar-refractivity contribution < 1.29 is 8.83 Å². The Morgan fingerprint density at radius 3 is 2.77 bits per heavy atom. The van der Waals surface area contributed by atoms with E-state index in [0.29, 0.717) is 22.4 Å². The average Bonchev–Trinajstić information content (AvgIpc) is 3.08. The maximum absolute atomic E-state index is 11.8. The summed E-state index contributed by atoms with van der Waals surface area (Å²) < 4.78 is 11.9. The summed E-state index contributed by atoms with van der Waals surface area (Å²) in [6.07, 6.45) is 0. The van der Waals surface area contributed by atoms with Gasteiger partial charge in [0, 0.05) is 21.7 Å². The second-order valence-corrected chi connectivity index (χ2v) is 7.51. The van der Waals surface area contributed by atoms with E-state index in [0.717, 1.165) is 26.5 Å². The van der Waals surface area contributed by atoms with Crippen molar-refractivity contribution in [1.82, 2.24) is 10.2 Å². The summed E-state index contributed by atoms with van der Waals surface area (Å²) in [6, 6.07) is 15.0. The predicted octanol–water partition coefficient (Wildman–Crippen LogP) is 5.21. The summed E-state index contributed by atoms with van der Waals surface area (Å²) in [5.41, 5.74) is 2.99. The Kier molecular flexibility index (Phi) is 4.65. The van der Waals surface area contributed by atoms with Gasteiger partial charge >= 0.3 is 5.63 Å². The minimum absolute atomic E-state index is 0.363. The van der Waals surface area contributed by atoms with Crippen LogP contribution in [0.1, 0.15) is 11.1 Å². The highest BCUT2D eigenvalue weighted by Crippen LogP contribution is 2.31. The van der Waals surface area contributed by atoms with Gasteiger partial charge < -0.3 is 8.83 Å². The molecule has 0 saturated heterocycles. The maximum atomic E-state index is 11.8. The summed E-state index contributed by atoms with van der Waals surface area (Å²) in [5.74, 6) is 0.982. The molecule has 0 amide bonds. The quantitative estimate of drug-likeness (QED) is 0.328. The van der Waals surface area contributed by atoms with E-state index in [-0.39, 0.29) is 5.63 Å². The zero-order valence-electron chi connectivity index (χ0n) is 13.7. The molecule has 0 aliphatic rings. The minimum atomic E-state index is -0.363. The lowest BCUT2D eigenvalue weighted by Gasteiger charge is -2.04. The van der Waals surface area contributed by atoms with Crippen molar-refractivity contribution in [3.05, 3.63) is 74.6 Å². The molecule has 0 unspecified atom stereocenters. The number of thioether (sulfide) groups is 1. The molecule has 0 atom stereocenters. The summed E-state index contributed by atoms with van der Waals surface area (Å²) in [6.45, 7) is 1.96. The van der Waals surface area contributed by atoms with Gasteiger partial charge in [-0.25, -0.2) is 4.79 Å². The Morgan fingerprint density at radius 2 is 1.92 bits per heavy atom. The van der Waals surface area contributed by atoms with Crippen LogP contribution in [0.25, 0.3) is 22.4 Å². The van der Waals surface area contributed by atoms with Crippen LogP contribution in [0.15, 0.2) is 71.9 Å². The molecule has 0 N–H and O–H groups in total. The zero-order chi connectivity index (χ0) is 18.1. The number of halogens is 1. The largest absolute Gasteiger partial charge is 0.423 e. The molecular weight excluding hydrogens is 416 g/mol. The Hall–Kier alpha value is -2.38. The molecule has 4 rings (SSSR count). The first-order valence-electron chi connectivity index (χ1n) is 7.85. The summed E-state index contributed by atoms with van der Waals surface area (Å²) in [4.78, 5) is 11.8. The smallest absolute Gasteiger partial charge is 0.336 e. The lowest BCUT2D eigenvalue weighted by molar-refractivity contribution is 0.465. The molecule has 0 fully saturated rings. The molecule has 4 aromatic rings. The van der Waals surface area contributed by atoms with Crippen molar-refractivity contribution in [2.45, 2.75) is 17.9 Å². The van der Waals surface area contributed by atoms with Crippen molar-refractivity contribution in [1.29, 1.82) is 0 Å². The molecule has 2 aromatic carbocycles. The van der Waals surface area contributed by atoms with Gasteiger partial charge in [0.05, 0.1) is 5.56 Å². The first kappa shape index (κ1) is 17.1. The molecule has 0 aliphatic carbocycles. The first-order valence-corrected chi connectivity index (χ1v) is 9.62. The molecule has 2 heterocycles. The van der Waals surface area contributed by atoms with Crippen LogP contribution < -0.4 is 5.63 Å². The maximum Gasteiger partial charge on any atom is 0.336 e. The Labute approximate surface area is 161 Å². The third-order valence-corrected chi connectivity index (χ3v) is 5.41. The van der Waals surface area contributed by atoms with E-state index < -0.39 is 0 Å². The summed E-state index contributed by atoms with van der Waals surface area (Å²) in [5, 5.41) is 9.55. The summed E-state index contributed by atoms with van der Waals surface area (Å²) in [7, 11) is 0. The van der Waals surface area contributed by atoms with Crippen LogP contribution in [0.4, 0.5) is 0 Å². The van der Waals surface area contributed by atoms with E-state index in [1.165, 1.54) is 17.8 Å². The van der Waals surface area contributed by atoms with Gasteiger partial charge in [-0.2, -0.15) is 0 Å². The fourth-order valence-electron chi connectivity index (χ4n) is 2.61. The van der Waals surface area contributed by atoms with Gasteiger partial charge in [-0.05, 0) is 52.2 Å². The first-order chi connectivity index (χ1) is 12.6. The number of fused-ring (bicyclic) bond motifs is 1. The number of nitrogens with zero attached hydrogens (tertiary/aromatic N) is 2. The second kappa shape index (κ2) is 7.09. The summed E-state index contributed by atoms with van der Waals surface area (Å²) >= 11 is 4.87. The van der Waals surface area contributed by atoms with E-state index >= 15 is 0 Å². The van der Waals surface area contributed by atoms with Crippen LogP contribution in [0.3, 0.4) is 0 Å². The van der Waals surface area contributed by atoms with Crippen LogP contribution in [-0.2, 0) is 5.75 Å². The molecular formula is C19H13BrN2O3S. The predicted molar refractivity (Wildman–Crippen MR) is 104 cm³/mol. The van der Waals surface area contributed by atoms with Crippen molar-refractivity contribution in [2.24, 2.45) is 0 Å². The van der Waals surface area contributed by atoms with E-state index in [4.69, 9.17) is 8.83 Å². The number of hydrogen-bond acceptors (Lipinski definition) is 6. The molecule has 5 nitrogen and oxygen atoms in total. The zero-order valence-corrected chi connectivity index (χ0v) is 16.1. The monoisotopic (exact) mass is 428 g/mol. The number of rotatable bonds is 4. The molecule has 0 aliphatic heterocycles. The Balaban J connectivity index is 1.60. The second-order valence-electron chi connectivity index (χ2n) is 5.73. The fourth-order valence-corrected chi connectivity index (χ4v) is 3.82. The van der Waals surface area contributed by atoms with E-state index in [1.54, 1.807) is 0 Å². The highest BCUT2D eigenvalue weighted by molar-refractivity contribution is 9.10. The third-order valence-electron chi connectivity index (χ3n) is 3.85. The molecule has 0 radical (unpaired) electrons. The van der Waals surface area contributed by atoms with E-state index in [2.05, 4.69) is 26.1 Å². The molecule has 130 valence electrons. The number of hydrogen-bond donors (Lipinski definition) is 0. The highest BCUT2D eigenvalue weighted by atomic mass is 79.9. The fraction of sp³-hybridized carbons (Fsp3) is 0.105. The normalized spacial score (nSPS) is 11.2. The molecule has 0 saturated carbocycles. The number of aryl methyl sites for hydroxylation is 1. The number of benzene rings is 2. The highest BCUT2D eigenvalue weighted by Gasteiger charge is 2.13.